The van der Waals surface area contributed by atoms with Gasteiger partial charge >= 0.3 is 0 Å². The van der Waals surface area contributed by atoms with E-state index in [2.05, 4.69) is 15.1 Å². The molecule has 0 saturated carbocycles. The van der Waals surface area contributed by atoms with Crippen molar-refractivity contribution in [1.82, 2.24) is 19.7 Å². The van der Waals surface area contributed by atoms with Crippen molar-refractivity contribution in [3.63, 3.8) is 0 Å². The Labute approximate surface area is 88.0 Å². The maximum Gasteiger partial charge on any atom is 0.0851 e. The van der Waals surface area contributed by atoms with Crippen LogP contribution in [0.25, 0.3) is 0 Å². The summed E-state index contributed by atoms with van der Waals surface area (Å²) in [7, 11) is 0. The molecule has 0 atom stereocenters. The largest absolute Gasteiger partial charge is 0.396 e. The van der Waals surface area contributed by atoms with Gasteiger partial charge in [0, 0.05) is 12.4 Å². The lowest BCUT2D eigenvalue weighted by Crippen LogP contribution is -2.06. The first kappa shape index (κ1) is 9.64. The minimum atomic E-state index is 0.609. The summed E-state index contributed by atoms with van der Waals surface area (Å²) in [6.45, 7) is 4.46. The first-order chi connectivity index (χ1) is 7.18. The average Bonchev–Trinajstić information content (AvgIpc) is 2.48. The number of aromatic nitrogens is 4. The van der Waals surface area contributed by atoms with Crippen molar-refractivity contribution in [3.05, 3.63) is 35.7 Å². The third-order valence-electron chi connectivity index (χ3n) is 2.37. The van der Waals surface area contributed by atoms with Gasteiger partial charge in [0.25, 0.3) is 0 Å². The summed E-state index contributed by atoms with van der Waals surface area (Å²) in [5.41, 5.74) is 9.29. The van der Waals surface area contributed by atoms with E-state index in [0.29, 0.717) is 6.54 Å². The van der Waals surface area contributed by atoms with Gasteiger partial charge in [-0.3, -0.25) is 14.6 Å². The van der Waals surface area contributed by atoms with Gasteiger partial charge in [-0.1, -0.05) is 0 Å². The second-order valence-corrected chi connectivity index (χ2v) is 3.44. The van der Waals surface area contributed by atoms with Crippen molar-refractivity contribution < 1.29 is 0 Å². The standard InChI is InChI=1S/C10H13N5/c1-7-10(11)8(2)15(14-7)6-9-5-12-3-4-13-9/h3-5H,6,11H2,1-2H3. The van der Waals surface area contributed by atoms with Gasteiger partial charge in [-0.25, -0.2) is 0 Å². The molecule has 0 radical (unpaired) electrons. The van der Waals surface area contributed by atoms with Crippen LogP contribution in [0, 0.1) is 13.8 Å². The van der Waals surface area contributed by atoms with E-state index in [1.807, 2.05) is 18.5 Å². The van der Waals surface area contributed by atoms with E-state index in [1.165, 1.54) is 0 Å². The Kier molecular flexibility index (Phi) is 2.37. The Morgan fingerprint density at radius 2 is 2.13 bits per heavy atom. The highest BCUT2D eigenvalue weighted by Crippen LogP contribution is 2.15. The van der Waals surface area contributed by atoms with Crippen molar-refractivity contribution in [1.29, 1.82) is 0 Å². The number of anilines is 1. The Morgan fingerprint density at radius 3 is 2.67 bits per heavy atom. The van der Waals surface area contributed by atoms with Crippen LogP contribution in [0.2, 0.25) is 0 Å². The van der Waals surface area contributed by atoms with Crippen molar-refractivity contribution in [2.75, 3.05) is 5.73 Å². The van der Waals surface area contributed by atoms with E-state index in [1.54, 1.807) is 18.6 Å². The van der Waals surface area contributed by atoms with Gasteiger partial charge < -0.3 is 5.73 Å². The van der Waals surface area contributed by atoms with Crippen molar-refractivity contribution in [2.45, 2.75) is 20.4 Å². The van der Waals surface area contributed by atoms with E-state index in [4.69, 9.17) is 5.73 Å². The van der Waals surface area contributed by atoms with E-state index < -0.39 is 0 Å². The number of hydrogen-bond donors (Lipinski definition) is 1. The van der Waals surface area contributed by atoms with E-state index >= 15 is 0 Å². The van der Waals surface area contributed by atoms with Crippen LogP contribution in [0.4, 0.5) is 5.69 Å². The smallest absolute Gasteiger partial charge is 0.0851 e. The fourth-order valence-electron chi connectivity index (χ4n) is 1.43. The lowest BCUT2D eigenvalue weighted by molar-refractivity contribution is 0.644. The van der Waals surface area contributed by atoms with Crippen LogP contribution in [0.1, 0.15) is 17.1 Å². The Hall–Kier alpha value is -1.91. The van der Waals surface area contributed by atoms with Crippen LogP contribution in [0.15, 0.2) is 18.6 Å². The Bertz CT molecular complexity index is 460. The Morgan fingerprint density at radius 1 is 1.33 bits per heavy atom. The van der Waals surface area contributed by atoms with Crippen LogP contribution in [-0.4, -0.2) is 19.7 Å². The third-order valence-corrected chi connectivity index (χ3v) is 2.37. The summed E-state index contributed by atoms with van der Waals surface area (Å²) in [4.78, 5) is 8.19. The number of hydrogen-bond acceptors (Lipinski definition) is 4. The molecule has 0 saturated heterocycles. The molecule has 5 nitrogen and oxygen atoms in total. The van der Waals surface area contributed by atoms with E-state index in [-0.39, 0.29) is 0 Å². The molecule has 0 fully saturated rings. The molecule has 0 aromatic carbocycles. The first-order valence-corrected chi connectivity index (χ1v) is 4.73. The second-order valence-electron chi connectivity index (χ2n) is 3.44. The maximum absolute atomic E-state index is 5.84. The lowest BCUT2D eigenvalue weighted by atomic mass is 10.3. The van der Waals surface area contributed by atoms with Gasteiger partial charge in [-0.05, 0) is 13.8 Å². The van der Waals surface area contributed by atoms with Gasteiger partial charge in [-0.2, -0.15) is 5.10 Å². The van der Waals surface area contributed by atoms with Crippen LogP contribution >= 0.6 is 0 Å². The molecule has 5 heteroatoms. The predicted octanol–water partition coefficient (Wildman–Crippen LogP) is 0.920. The number of rotatable bonds is 2. The zero-order chi connectivity index (χ0) is 10.8. The second kappa shape index (κ2) is 3.68. The topological polar surface area (TPSA) is 69.6 Å². The van der Waals surface area contributed by atoms with Gasteiger partial charge in [-0.15, -0.1) is 0 Å². The molecule has 0 amide bonds. The molecule has 2 aromatic heterocycles. The third kappa shape index (κ3) is 1.81. The molecule has 2 N–H and O–H groups in total. The fraction of sp³-hybridized carbons (Fsp3) is 0.300. The fourth-order valence-corrected chi connectivity index (χ4v) is 1.43. The zero-order valence-electron chi connectivity index (χ0n) is 8.81. The number of aryl methyl sites for hydroxylation is 1. The van der Waals surface area contributed by atoms with Crippen LogP contribution < -0.4 is 5.73 Å². The minimum absolute atomic E-state index is 0.609. The number of nitrogen functional groups attached to an aromatic ring is 1. The molecule has 0 spiro atoms. The summed E-state index contributed by atoms with van der Waals surface area (Å²) >= 11 is 0. The molecule has 2 rings (SSSR count). The van der Waals surface area contributed by atoms with Crippen LogP contribution in [0.5, 0.6) is 0 Å². The molecule has 2 aromatic rings. The van der Waals surface area contributed by atoms with Crippen LogP contribution in [-0.2, 0) is 6.54 Å². The lowest BCUT2D eigenvalue weighted by Gasteiger charge is -2.02. The molecule has 78 valence electrons. The molecular formula is C10H13N5. The van der Waals surface area contributed by atoms with Gasteiger partial charge in [0.2, 0.25) is 0 Å². The first-order valence-electron chi connectivity index (χ1n) is 4.73. The van der Waals surface area contributed by atoms with Gasteiger partial charge in [0.05, 0.1) is 35.5 Å². The summed E-state index contributed by atoms with van der Waals surface area (Å²) in [5.74, 6) is 0. The molecule has 0 unspecified atom stereocenters. The Balaban J connectivity index is 2.29. The molecule has 2 heterocycles. The minimum Gasteiger partial charge on any atom is -0.396 e. The van der Waals surface area contributed by atoms with E-state index in [0.717, 1.165) is 22.8 Å². The number of nitrogens with zero attached hydrogens (tertiary/aromatic N) is 4. The molecule has 0 aliphatic heterocycles. The summed E-state index contributed by atoms with van der Waals surface area (Å²) < 4.78 is 1.84. The molecular weight excluding hydrogens is 190 g/mol. The van der Waals surface area contributed by atoms with Crippen molar-refractivity contribution >= 4 is 5.69 Å². The molecule has 0 aliphatic rings. The maximum atomic E-state index is 5.84. The predicted molar refractivity (Wildman–Crippen MR) is 57.2 cm³/mol. The quantitative estimate of drug-likeness (QED) is 0.788. The highest BCUT2D eigenvalue weighted by atomic mass is 15.3. The molecule has 0 bridgehead atoms. The van der Waals surface area contributed by atoms with Crippen molar-refractivity contribution in [3.8, 4) is 0 Å². The normalized spacial score (nSPS) is 10.5. The van der Waals surface area contributed by atoms with Crippen LogP contribution in [0.3, 0.4) is 0 Å². The van der Waals surface area contributed by atoms with Gasteiger partial charge in [0.1, 0.15) is 0 Å². The monoisotopic (exact) mass is 203 g/mol. The summed E-state index contributed by atoms with van der Waals surface area (Å²) in [6.07, 6.45) is 5.05. The highest BCUT2D eigenvalue weighted by molar-refractivity contribution is 5.46. The number of nitrogens with two attached hydrogens (primary N) is 1. The summed E-state index contributed by atoms with van der Waals surface area (Å²) in [6, 6.07) is 0. The summed E-state index contributed by atoms with van der Waals surface area (Å²) in [5, 5.41) is 4.33. The zero-order valence-corrected chi connectivity index (χ0v) is 8.81. The SMILES string of the molecule is Cc1nn(Cc2cnccn2)c(C)c1N. The highest BCUT2D eigenvalue weighted by Gasteiger charge is 2.08. The van der Waals surface area contributed by atoms with E-state index in [9.17, 15) is 0 Å². The van der Waals surface area contributed by atoms with Crippen molar-refractivity contribution in [2.24, 2.45) is 0 Å². The molecule has 15 heavy (non-hydrogen) atoms. The van der Waals surface area contributed by atoms with Gasteiger partial charge in [0.15, 0.2) is 0 Å². The average molecular weight is 203 g/mol. The molecule has 0 aliphatic carbocycles.